The Balaban J connectivity index is 0.000000244. The molecule has 0 amide bonds. The van der Waals surface area contributed by atoms with Crippen LogP contribution in [0.5, 0.6) is 23.0 Å². The molecule has 2 aromatic carbocycles. The first-order valence-corrected chi connectivity index (χ1v) is 34.3. The first kappa shape index (κ1) is 68.8. The Hall–Kier alpha value is -3.72. The second-order valence-corrected chi connectivity index (χ2v) is 27.7. The Labute approximate surface area is 518 Å². The van der Waals surface area contributed by atoms with Crippen LogP contribution in [0.1, 0.15) is 194 Å². The van der Waals surface area contributed by atoms with Crippen LogP contribution in [0.4, 0.5) is 0 Å². The number of benzene rings is 2. The zero-order valence-electron chi connectivity index (χ0n) is 55.8. The van der Waals surface area contributed by atoms with Crippen molar-refractivity contribution in [1.82, 2.24) is 40.4 Å². The fourth-order valence-corrected chi connectivity index (χ4v) is 15.3. The van der Waals surface area contributed by atoms with Gasteiger partial charge < -0.3 is 45.4 Å². The minimum atomic E-state index is -0.397. The van der Waals surface area contributed by atoms with Gasteiger partial charge in [0.1, 0.15) is 29.3 Å². The highest BCUT2D eigenvalue weighted by Gasteiger charge is 2.51. The van der Waals surface area contributed by atoms with Gasteiger partial charge >= 0.3 is 0 Å². The van der Waals surface area contributed by atoms with Crippen LogP contribution in [0.2, 0.25) is 0 Å². The molecule has 0 spiro atoms. The number of ether oxygens (including phenoxy) is 2. The number of hydrogen-bond acceptors (Lipinski definition) is 12. The highest BCUT2D eigenvalue weighted by atomic mass is 16.5. The molecule has 4 aliphatic heterocycles. The van der Waals surface area contributed by atoms with E-state index < -0.39 is 5.41 Å². The molecule has 1 unspecified atom stereocenters. The number of rotatable bonds is 22. The number of phenolic OH excluding ortho intramolecular Hbond substituents is 2. The number of aryl methyl sites for hydroxylation is 2. The molecule has 0 saturated carbocycles. The molecule has 0 radical (unpaired) electrons. The summed E-state index contributed by atoms with van der Waals surface area (Å²) in [7, 11) is 0. The number of allylic oxidation sites excluding steroid dienone is 6. The van der Waals surface area contributed by atoms with Crippen molar-refractivity contribution in [2.75, 3.05) is 131 Å². The number of hydrogen-bond donors (Lipinski definition) is 5. The molecule has 12 heteroatoms. The van der Waals surface area contributed by atoms with Crippen LogP contribution in [0.3, 0.4) is 0 Å². The SMILES string of the molecule is C=C(C)[C@]1(C)CCC(C)=C[C@@]1(C)c1c(O)cc(CCCCC)cc1OCCCN1CCCN2CCN3CCCN(CC1)C23.C=C(C)[C@]1(C)CCC(C)=C[C@@]1(C)c1c(O)cc(CCCCC)cc1OCCCN1CCCNCCNCCCNCC1. The van der Waals surface area contributed by atoms with Gasteiger partial charge in [0, 0.05) is 118 Å². The minimum Gasteiger partial charge on any atom is -0.507 e. The average Bonchev–Trinajstić information content (AvgIpc) is 1.83. The predicted octanol–water partition coefficient (Wildman–Crippen LogP) is 13.1. The molecular formula is C73H122N8O4. The van der Waals surface area contributed by atoms with E-state index in [0.29, 0.717) is 31.0 Å². The average molecular weight is 1180 g/mol. The topological polar surface area (TPSA) is 111 Å². The monoisotopic (exact) mass is 1170 g/mol. The summed E-state index contributed by atoms with van der Waals surface area (Å²) in [6.45, 7) is 52.7. The lowest BCUT2D eigenvalue weighted by Gasteiger charge is -2.50. The van der Waals surface area contributed by atoms with E-state index in [1.165, 1.54) is 106 Å². The molecule has 5 atom stereocenters. The zero-order valence-corrected chi connectivity index (χ0v) is 55.8. The van der Waals surface area contributed by atoms with Gasteiger partial charge in [0.25, 0.3) is 0 Å². The molecule has 4 heterocycles. The number of unbranched alkanes of at least 4 members (excludes halogenated alkanes) is 4. The van der Waals surface area contributed by atoms with Crippen molar-refractivity contribution in [3.63, 3.8) is 0 Å². The molecular weight excluding hydrogens is 1050 g/mol. The predicted molar refractivity (Wildman–Crippen MR) is 358 cm³/mol. The summed E-state index contributed by atoms with van der Waals surface area (Å²) < 4.78 is 13.4. The van der Waals surface area contributed by atoms with Gasteiger partial charge in [0.05, 0.1) is 13.2 Å². The quantitative estimate of drug-likeness (QED) is 0.0572. The van der Waals surface area contributed by atoms with E-state index in [1.807, 2.05) is 12.1 Å². The van der Waals surface area contributed by atoms with E-state index in [-0.39, 0.29) is 16.2 Å². The molecule has 0 bridgehead atoms. The Morgan fingerprint density at radius 3 is 1.41 bits per heavy atom. The van der Waals surface area contributed by atoms with Gasteiger partial charge in [-0.25, -0.2) is 0 Å². The lowest BCUT2D eigenvalue weighted by molar-refractivity contribution is -0.0412. The van der Waals surface area contributed by atoms with Crippen molar-refractivity contribution in [2.45, 2.75) is 202 Å². The number of aromatic hydroxyl groups is 2. The first-order valence-electron chi connectivity index (χ1n) is 34.3. The van der Waals surface area contributed by atoms with Crippen LogP contribution in [0, 0.1) is 10.8 Å². The minimum absolute atomic E-state index is 0.159. The van der Waals surface area contributed by atoms with Crippen LogP contribution in [-0.2, 0) is 23.7 Å². The van der Waals surface area contributed by atoms with Crippen LogP contribution < -0.4 is 25.4 Å². The largest absolute Gasteiger partial charge is 0.507 e. The summed E-state index contributed by atoms with van der Waals surface area (Å²) in [6, 6.07) is 8.47. The molecule has 478 valence electrons. The lowest BCUT2D eigenvalue weighted by atomic mass is 9.54. The number of nitrogens with one attached hydrogen (secondary N) is 3. The highest BCUT2D eigenvalue weighted by molar-refractivity contribution is 5.58. The van der Waals surface area contributed by atoms with Gasteiger partial charge in [0.2, 0.25) is 0 Å². The van der Waals surface area contributed by atoms with Gasteiger partial charge in [-0.15, -0.1) is 0 Å². The van der Waals surface area contributed by atoms with Gasteiger partial charge in [-0.3, -0.25) is 14.7 Å². The second kappa shape index (κ2) is 33.2. The maximum absolute atomic E-state index is 11.7. The third kappa shape index (κ3) is 17.8. The summed E-state index contributed by atoms with van der Waals surface area (Å²) >= 11 is 0. The normalized spacial score (nSPS) is 27.4. The van der Waals surface area contributed by atoms with E-state index in [9.17, 15) is 10.2 Å². The molecule has 85 heavy (non-hydrogen) atoms. The van der Waals surface area contributed by atoms with Gasteiger partial charge in [-0.2, -0.15) is 0 Å². The Morgan fingerprint density at radius 1 is 0.518 bits per heavy atom. The molecule has 2 aliphatic carbocycles. The van der Waals surface area contributed by atoms with E-state index in [1.54, 1.807) is 0 Å². The molecule has 4 fully saturated rings. The highest BCUT2D eigenvalue weighted by Crippen LogP contribution is 2.60. The first-order chi connectivity index (χ1) is 40.9. The van der Waals surface area contributed by atoms with E-state index in [0.717, 1.165) is 184 Å². The number of nitrogens with zero attached hydrogens (tertiary/aromatic N) is 5. The number of phenols is 2. The van der Waals surface area contributed by atoms with E-state index in [2.05, 4.69) is 147 Å². The van der Waals surface area contributed by atoms with Gasteiger partial charge in [-0.05, 0) is 186 Å². The third-order valence-corrected chi connectivity index (χ3v) is 21.3. The van der Waals surface area contributed by atoms with E-state index in [4.69, 9.17) is 9.47 Å². The Bertz CT molecular complexity index is 2480. The van der Waals surface area contributed by atoms with Gasteiger partial charge in [0.15, 0.2) is 0 Å². The van der Waals surface area contributed by atoms with Crippen LogP contribution >= 0.6 is 0 Å². The molecule has 6 aliphatic rings. The molecule has 8 rings (SSSR count). The third-order valence-electron chi connectivity index (χ3n) is 21.3. The summed E-state index contributed by atoms with van der Waals surface area (Å²) in [5.74, 6) is 2.46. The van der Waals surface area contributed by atoms with Crippen molar-refractivity contribution in [3.05, 3.63) is 94.1 Å². The van der Waals surface area contributed by atoms with Crippen LogP contribution in [0.25, 0.3) is 0 Å². The fourth-order valence-electron chi connectivity index (χ4n) is 15.3. The molecule has 0 aromatic heterocycles. The fraction of sp³-hybridized carbons (Fsp3) is 0.726. The second-order valence-electron chi connectivity index (χ2n) is 27.7. The van der Waals surface area contributed by atoms with Crippen molar-refractivity contribution < 1.29 is 19.7 Å². The maximum atomic E-state index is 11.7. The molecule has 4 saturated heterocycles. The summed E-state index contributed by atoms with van der Waals surface area (Å²) in [5.41, 5.74) is 8.17. The van der Waals surface area contributed by atoms with Crippen molar-refractivity contribution >= 4 is 0 Å². The van der Waals surface area contributed by atoms with Crippen molar-refractivity contribution in [3.8, 4) is 23.0 Å². The molecule has 5 N–H and O–H groups in total. The molecule has 2 aromatic rings. The summed E-state index contributed by atoms with van der Waals surface area (Å²) in [5, 5.41) is 34.0. The standard InChI is InChI=1S/C37H60N4O2.C36H62N4O2/c1-7-8-9-13-31-26-32(42)34(37(6)28-30(4)14-15-36(37,5)29(2)3)33(27-31)43-25-12-17-38-16-10-18-40-23-24-41-20-11-19-39(22-21-38)35(40)41;1-7-8-9-13-31-26-32(41)34(36(6)28-30(4)14-15-35(36,5)29(2)3)33(27-31)42-25-12-23-40-22-11-18-38-20-19-37-16-10-17-39-21-24-40/h26-28,35,42H,2,7-25H2,1,3-6H3;26-28,37-39,41H,2,7-25H2,1,3-6H3/t35?,36-,37-;35-,36-/m00/s1. The van der Waals surface area contributed by atoms with Crippen LogP contribution in [0.15, 0.2) is 71.9 Å². The van der Waals surface area contributed by atoms with Gasteiger partial charge in [-0.1, -0.05) is 115 Å². The van der Waals surface area contributed by atoms with Crippen molar-refractivity contribution in [1.29, 1.82) is 0 Å². The maximum Gasteiger partial charge on any atom is 0.127 e. The van der Waals surface area contributed by atoms with Crippen LogP contribution in [-0.4, -0.2) is 172 Å². The summed E-state index contributed by atoms with van der Waals surface area (Å²) in [4.78, 5) is 13.4. The zero-order chi connectivity index (χ0) is 61.0. The van der Waals surface area contributed by atoms with Crippen molar-refractivity contribution in [2.24, 2.45) is 10.8 Å². The summed E-state index contributed by atoms with van der Waals surface area (Å²) in [6.07, 6.45) is 25.3. The molecule has 12 nitrogen and oxygen atoms in total. The van der Waals surface area contributed by atoms with E-state index >= 15 is 0 Å². The smallest absolute Gasteiger partial charge is 0.127 e. The Kier molecular flexibility index (Phi) is 26.9. The lowest BCUT2D eigenvalue weighted by Crippen LogP contribution is -2.57. The Morgan fingerprint density at radius 2 is 0.941 bits per heavy atom.